The van der Waals surface area contributed by atoms with Gasteiger partial charge in [-0.2, -0.15) is 0 Å². The lowest BCUT2D eigenvalue weighted by Gasteiger charge is -2.10. The third kappa shape index (κ3) is 4.45. The van der Waals surface area contributed by atoms with Gasteiger partial charge in [-0.15, -0.1) is 11.8 Å². The molecule has 0 unspecified atom stereocenters. The van der Waals surface area contributed by atoms with E-state index in [1.165, 1.54) is 10.5 Å². The van der Waals surface area contributed by atoms with Gasteiger partial charge in [-0.25, -0.2) is 0 Å². The minimum absolute atomic E-state index is 0.705. The Labute approximate surface area is 102 Å². The normalized spacial score (nSPS) is 11.0. The molecule has 1 aromatic carbocycles. The van der Waals surface area contributed by atoms with Crippen LogP contribution in [0.15, 0.2) is 23.1 Å². The van der Waals surface area contributed by atoms with Crippen LogP contribution >= 0.6 is 23.4 Å². The van der Waals surface area contributed by atoms with Crippen LogP contribution in [0.1, 0.15) is 19.4 Å². The quantitative estimate of drug-likeness (QED) is 0.790. The molecule has 0 bridgehead atoms. The molecule has 1 aromatic rings. The average Bonchev–Trinajstić information content (AvgIpc) is 2.18. The number of halogens is 1. The van der Waals surface area contributed by atoms with Crippen molar-refractivity contribution in [3.63, 3.8) is 0 Å². The summed E-state index contributed by atoms with van der Waals surface area (Å²) in [5, 5.41) is 4.00. The van der Waals surface area contributed by atoms with E-state index in [1.54, 1.807) is 0 Å². The molecule has 0 amide bonds. The van der Waals surface area contributed by atoms with Crippen LogP contribution in [0.2, 0.25) is 5.02 Å². The van der Waals surface area contributed by atoms with E-state index in [0.717, 1.165) is 17.3 Å². The summed E-state index contributed by atoms with van der Waals surface area (Å²) in [7, 11) is 1.96. The van der Waals surface area contributed by atoms with E-state index >= 15 is 0 Å². The van der Waals surface area contributed by atoms with E-state index < -0.39 is 0 Å². The second-order valence-corrected chi connectivity index (χ2v) is 5.49. The largest absolute Gasteiger partial charge is 0.316 e. The maximum Gasteiger partial charge on any atom is 0.0417 e. The van der Waals surface area contributed by atoms with Gasteiger partial charge in [0, 0.05) is 22.2 Å². The number of rotatable bonds is 5. The van der Waals surface area contributed by atoms with Crippen molar-refractivity contribution in [3.8, 4) is 0 Å². The van der Waals surface area contributed by atoms with Gasteiger partial charge in [0.2, 0.25) is 0 Å². The summed E-state index contributed by atoms with van der Waals surface area (Å²) in [6, 6.07) is 6.11. The second-order valence-electron chi connectivity index (χ2n) is 3.99. The van der Waals surface area contributed by atoms with Gasteiger partial charge in [0.05, 0.1) is 0 Å². The fraction of sp³-hybridized carbons (Fsp3) is 0.500. The molecule has 0 aliphatic rings. The fourth-order valence-electron chi connectivity index (χ4n) is 1.26. The first-order chi connectivity index (χ1) is 7.13. The lowest BCUT2D eigenvalue weighted by atomic mass is 10.2. The van der Waals surface area contributed by atoms with Crippen molar-refractivity contribution >= 4 is 23.4 Å². The minimum atomic E-state index is 0.705. The molecule has 0 atom stereocenters. The average molecular weight is 244 g/mol. The van der Waals surface area contributed by atoms with Crippen molar-refractivity contribution in [2.45, 2.75) is 25.3 Å². The van der Waals surface area contributed by atoms with Crippen molar-refractivity contribution in [1.29, 1.82) is 0 Å². The lowest BCUT2D eigenvalue weighted by molar-refractivity contribution is 0.749. The molecule has 0 aliphatic carbocycles. The van der Waals surface area contributed by atoms with Crippen LogP contribution in [0, 0.1) is 5.92 Å². The third-order valence-electron chi connectivity index (χ3n) is 1.97. The SMILES string of the molecule is CNCc1ccc(Cl)cc1SCC(C)C. The van der Waals surface area contributed by atoms with Gasteiger partial charge in [-0.3, -0.25) is 0 Å². The summed E-state index contributed by atoms with van der Waals surface area (Å²) in [4.78, 5) is 1.30. The Morgan fingerprint density at radius 1 is 1.40 bits per heavy atom. The standard InChI is InChI=1S/C12H18ClNS/c1-9(2)8-15-12-6-11(13)5-4-10(12)7-14-3/h4-6,9,14H,7-8H2,1-3H3. The molecule has 1 N–H and O–H groups in total. The smallest absolute Gasteiger partial charge is 0.0417 e. The number of nitrogens with one attached hydrogen (secondary N) is 1. The molecule has 0 aliphatic heterocycles. The van der Waals surface area contributed by atoms with Crippen molar-refractivity contribution in [2.75, 3.05) is 12.8 Å². The number of hydrogen-bond acceptors (Lipinski definition) is 2. The Morgan fingerprint density at radius 2 is 2.13 bits per heavy atom. The van der Waals surface area contributed by atoms with Gasteiger partial charge in [0.1, 0.15) is 0 Å². The topological polar surface area (TPSA) is 12.0 Å². The van der Waals surface area contributed by atoms with Gasteiger partial charge in [0.25, 0.3) is 0 Å². The van der Waals surface area contributed by atoms with Gasteiger partial charge in [-0.1, -0.05) is 31.5 Å². The summed E-state index contributed by atoms with van der Waals surface area (Å²) < 4.78 is 0. The van der Waals surface area contributed by atoms with Gasteiger partial charge in [-0.05, 0) is 30.7 Å². The molecule has 1 rings (SSSR count). The molecule has 1 nitrogen and oxygen atoms in total. The molecular weight excluding hydrogens is 226 g/mol. The zero-order valence-corrected chi connectivity index (χ0v) is 11.1. The molecule has 0 heterocycles. The highest BCUT2D eigenvalue weighted by atomic mass is 35.5. The summed E-state index contributed by atoms with van der Waals surface area (Å²) in [6.45, 7) is 5.36. The van der Waals surface area contributed by atoms with Gasteiger partial charge in [0.15, 0.2) is 0 Å². The zero-order chi connectivity index (χ0) is 11.3. The molecule has 3 heteroatoms. The predicted molar refractivity (Wildman–Crippen MR) is 69.8 cm³/mol. The van der Waals surface area contributed by atoms with E-state index in [9.17, 15) is 0 Å². The Hall–Kier alpha value is -0.180. The molecule has 0 saturated heterocycles. The van der Waals surface area contributed by atoms with Crippen LogP contribution in [0.3, 0.4) is 0 Å². The van der Waals surface area contributed by atoms with Crippen LogP contribution in [0.4, 0.5) is 0 Å². The highest BCUT2D eigenvalue weighted by molar-refractivity contribution is 7.99. The first-order valence-electron chi connectivity index (χ1n) is 5.19. The molecule has 84 valence electrons. The second kappa shape index (κ2) is 6.41. The highest BCUT2D eigenvalue weighted by Crippen LogP contribution is 2.27. The monoisotopic (exact) mass is 243 g/mol. The number of thioether (sulfide) groups is 1. The summed E-state index contributed by atoms with van der Waals surface area (Å²) in [5.41, 5.74) is 1.33. The summed E-state index contributed by atoms with van der Waals surface area (Å²) in [5.74, 6) is 1.84. The Kier molecular flexibility index (Phi) is 5.51. The van der Waals surface area contributed by atoms with Crippen molar-refractivity contribution < 1.29 is 0 Å². The van der Waals surface area contributed by atoms with Crippen molar-refractivity contribution in [3.05, 3.63) is 28.8 Å². The van der Waals surface area contributed by atoms with E-state index in [4.69, 9.17) is 11.6 Å². The molecule has 0 saturated carbocycles. The fourth-order valence-corrected chi connectivity index (χ4v) is 2.54. The van der Waals surface area contributed by atoms with Crippen molar-refractivity contribution in [1.82, 2.24) is 5.32 Å². The van der Waals surface area contributed by atoms with E-state index in [2.05, 4.69) is 31.3 Å². The lowest BCUT2D eigenvalue weighted by Crippen LogP contribution is -2.06. The maximum atomic E-state index is 6.00. The first-order valence-corrected chi connectivity index (χ1v) is 6.55. The molecule has 0 spiro atoms. The molecule has 15 heavy (non-hydrogen) atoms. The molecule has 0 radical (unpaired) electrons. The molecular formula is C12H18ClNS. The van der Waals surface area contributed by atoms with Crippen LogP contribution in [0.5, 0.6) is 0 Å². The summed E-state index contributed by atoms with van der Waals surface area (Å²) in [6.07, 6.45) is 0. The van der Waals surface area contributed by atoms with Crippen LogP contribution < -0.4 is 5.32 Å². The highest BCUT2D eigenvalue weighted by Gasteiger charge is 2.04. The maximum absolute atomic E-state index is 6.00. The van der Waals surface area contributed by atoms with Crippen LogP contribution in [-0.2, 0) is 6.54 Å². The van der Waals surface area contributed by atoms with Crippen LogP contribution in [0.25, 0.3) is 0 Å². The van der Waals surface area contributed by atoms with Gasteiger partial charge < -0.3 is 5.32 Å². The molecule has 0 fully saturated rings. The Bertz CT molecular complexity index is 312. The van der Waals surface area contributed by atoms with E-state index in [0.29, 0.717) is 5.92 Å². The van der Waals surface area contributed by atoms with E-state index in [-0.39, 0.29) is 0 Å². The minimum Gasteiger partial charge on any atom is -0.316 e. The number of benzene rings is 1. The Morgan fingerprint density at radius 3 is 2.73 bits per heavy atom. The van der Waals surface area contributed by atoms with Gasteiger partial charge >= 0.3 is 0 Å². The predicted octanol–water partition coefficient (Wildman–Crippen LogP) is 3.81. The zero-order valence-electron chi connectivity index (χ0n) is 9.51. The summed E-state index contributed by atoms with van der Waals surface area (Å²) >= 11 is 7.88. The third-order valence-corrected chi connectivity index (χ3v) is 3.73. The van der Waals surface area contributed by atoms with Crippen molar-refractivity contribution in [2.24, 2.45) is 5.92 Å². The van der Waals surface area contributed by atoms with Crippen LogP contribution in [-0.4, -0.2) is 12.8 Å². The first kappa shape index (κ1) is 12.9. The van der Waals surface area contributed by atoms with E-state index in [1.807, 2.05) is 24.9 Å². The molecule has 0 aromatic heterocycles. The number of hydrogen-bond donors (Lipinski definition) is 1. The Balaban J connectivity index is 2.77.